The van der Waals surface area contributed by atoms with E-state index in [-0.39, 0.29) is 0 Å². The molecule has 0 spiro atoms. The van der Waals surface area contributed by atoms with Crippen molar-refractivity contribution >= 4 is 0 Å². The van der Waals surface area contributed by atoms with E-state index in [1.807, 2.05) is 0 Å². The summed E-state index contributed by atoms with van der Waals surface area (Å²) in [4.78, 5) is 2.45. The van der Waals surface area contributed by atoms with Gasteiger partial charge in [-0.25, -0.2) is 0 Å². The average Bonchev–Trinajstić information content (AvgIpc) is 2.34. The maximum Gasteiger partial charge on any atom is 0.0689 e. The molecule has 1 heterocycles. The van der Waals surface area contributed by atoms with E-state index in [1.165, 1.54) is 5.57 Å². The number of hydrogen-bond donors (Lipinski definition) is 1. The van der Waals surface area contributed by atoms with Crippen LogP contribution in [0.1, 0.15) is 27.2 Å². The first-order valence-electron chi connectivity index (χ1n) is 6.47. The van der Waals surface area contributed by atoms with Crippen molar-refractivity contribution in [3.63, 3.8) is 0 Å². The van der Waals surface area contributed by atoms with Gasteiger partial charge in [-0.15, -0.1) is 0 Å². The van der Waals surface area contributed by atoms with E-state index in [4.69, 9.17) is 4.74 Å². The Morgan fingerprint density at radius 3 is 2.75 bits per heavy atom. The quantitative estimate of drug-likeness (QED) is 0.668. The third-order valence-electron chi connectivity index (χ3n) is 3.09. The Balaban J connectivity index is 2.18. The molecule has 94 valence electrons. The van der Waals surface area contributed by atoms with Crippen LogP contribution < -0.4 is 5.32 Å². The predicted molar refractivity (Wildman–Crippen MR) is 68.8 cm³/mol. The zero-order valence-electron chi connectivity index (χ0n) is 11.0. The molecule has 1 rings (SSSR count). The predicted octanol–water partition coefficient (Wildman–Crippen LogP) is 1.65. The molecule has 3 heteroatoms. The van der Waals surface area contributed by atoms with Crippen LogP contribution in [0.3, 0.4) is 0 Å². The normalized spacial score (nSPS) is 18.6. The van der Waals surface area contributed by atoms with Crippen molar-refractivity contribution in [2.45, 2.75) is 33.2 Å². The number of nitrogens with one attached hydrogen (secondary N) is 1. The summed E-state index contributed by atoms with van der Waals surface area (Å²) in [5.74, 6) is 0. The van der Waals surface area contributed by atoms with Crippen LogP contribution in [0, 0.1) is 0 Å². The second-order valence-corrected chi connectivity index (χ2v) is 4.47. The lowest BCUT2D eigenvalue weighted by Crippen LogP contribution is -2.40. The van der Waals surface area contributed by atoms with Gasteiger partial charge < -0.3 is 15.0 Å². The third-order valence-corrected chi connectivity index (χ3v) is 3.09. The minimum absolute atomic E-state index is 0.544. The summed E-state index contributed by atoms with van der Waals surface area (Å²) in [7, 11) is 0. The summed E-state index contributed by atoms with van der Waals surface area (Å²) in [5.41, 5.74) is 1.40. The van der Waals surface area contributed by atoms with Crippen molar-refractivity contribution in [2.24, 2.45) is 0 Å². The summed E-state index contributed by atoms with van der Waals surface area (Å²) in [6.07, 6.45) is 3.38. The number of likely N-dealkylation sites (N-methyl/N-ethyl adjacent to an activating group) is 1. The lowest BCUT2D eigenvalue weighted by molar-refractivity contribution is 0.148. The molecule has 0 amide bonds. The van der Waals surface area contributed by atoms with Crippen LogP contribution in [0.25, 0.3) is 0 Å². The molecule has 1 aliphatic heterocycles. The third kappa shape index (κ3) is 5.10. The van der Waals surface area contributed by atoms with Crippen molar-refractivity contribution in [1.29, 1.82) is 0 Å². The monoisotopic (exact) mass is 226 g/mol. The lowest BCUT2D eigenvalue weighted by atomic mass is 10.2. The molecule has 1 N–H and O–H groups in total. The first-order chi connectivity index (χ1) is 7.76. The van der Waals surface area contributed by atoms with Gasteiger partial charge in [-0.05, 0) is 32.0 Å². The Kier molecular flexibility index (Phi) is 6.69. The minimum atomic E-state index is 0.544. The maximum absolute atomic E-state index is 5.42. The molecule has 1 atom stereocenters. The largest absolute Gasteiger partial charge is 0.377 e. The highest BCUT2D eigenvalue weighted by atomic mass is 16.5. The Morgan fingerprint density at radius 2 is 2.19 bits per heavy atom. The van der Waals surface area contributed by atoms with Crippen LogP contribution in [-0.4, -0.2) is 50.3 Å². The molecule has 0 saturated carbocycles. The Morgan fingerprint density at radius 1 is 1.44 bits per heavy atom. The number of nitrogens with zero attached hydrogens (tertiary/aromatic N) is 1. The topological polar surface area (TPSA) is 24.5 Å². The van der Waals surface area contributed by atoms with Gasteiger partial charge in [0.25, 0.3) is 0 Å². The molecule has 1 unspecified atom stereocenters. The summed E-state index contributed by atoms with van der Waals surface area (Å²) in [5, 5.41) is 3.56. The summed E-state index contributed by atoms with van der Waals surface area (Å²) < 4.78 is 5.42. The molecule has 0 aromatic rings. The van der Waals surface area contributed by atoms with Gasteiger partial charge in [-0.2, -0.15) is 0 Å². The van der Waals surface area contributed by atoms with E-state index < -0.39 is 0 Å². The molecule has 0 saturated heterocycles. The summed E-state index contributed by atoms with van der Waals surface area (Å²) in [6, 6.07) is 0.544. The minimum Gasteiger partial charge on any atom is -0.377 e. The fraction of sp³-hybridized carbons (Fsp3) is 0.846. The van der Waals surface area contributed by atoms with E-state index in [0.29, 0.717) is 6.04 Å². The van der Waals surface area contributed by atoms with Gasteiger partial charge in [0.2, 0.25) is 0 Å². The molecule has 0 fully saturated rings. The van der Waals surface area contributed by atoms with Gasteiger partial charge in [0.05, 0.1) is 13.2 Å². The Labute approximate surface area is 99.8 Å². The van der Waals surface area contributed by atoms with E-state index >= 15 is 0 Å². The molecule has 1 aliphatic rings. The summed E-state index contributed by atoms with van der Waals surface area (Å²) >= 11 is 0. The van der Waals surface area contributed by atoms with Crippen LogP contribution in [0.2, 0.25) is 0 Å². The zero-order valence-corrected chi connectivity index (χ0v) is 11.0. The lowest BCUT2D eigenvalue weighted by Gasteiger charge is -2.24. The molecule has 0 radical (unpaired) electrons. The second kappa shape index (κ2) is 7.82. The first-order valence-corrected chi connectivity index (χ1v) is 6.47. The van der Waals surface area contributed by atoms with E-state index in [9.17, 15) is 0 Å². The smallest absolute Gasteiger partial charge is 0.0689 e. The Bertz CT molecular complexity index is 212. The first kappa shape index (κ1) is 13.7. The Hall–Kier alpha value is -0.380. The van der Waals surface area contributed by atoms with Crippen LogP contribution in [-0.2, 0) is 4.74 Å². The van der Waals surface area contributed by atoms with Gasteiger partial charge in [0.15, 0.2) is 0 Å². The molecule has 0 aliphatic carbocycles. The second-order valence-electron chi connectivity index (χ2n) is 4.47. The van der Waals surface area contributed by atoms with Gasteiger partial charge >= 0.3 is 0 Å². The summed E-state index contributed by atoms with van der Waals surface area (Å²) in [6.45, 7) is 12.7. The van der Waals surface area contributed by atoms with Crippen molar-refractivity contribution in [2.75, 3.05) is 39.4 Å². The highest BCUT2D eigenvalue weighted by Gasteiger charge is 2.08. The highest BCUT2D eigenvalue weighted by molar-refractivity contribution is 5.06. The fourth-order valence-electron chi connectivity index (χ4n) is 1.97. The number of rotatable bonds is 7. The molecule has 0 aromatic carbocycles. The van der Waals surface area contributed by atoms with Crippen molar-refractivity contribution in [1.82, 2.24) is 10.2 Å². The highest BCUT2D eigenvalue weighted by Crippen LogP contribution is 2.04. The van der Waals surface area contributed by atoms with Gasteiger partial charge in [-0.3, -0.25) is 0 Å². The van der Waals surface area contributed by atoms with Crippen molar-refractivity contribution < 1.29 is 4.74 Å². The van der Waals surface area contributed by atoms with Crippen LogP contribution in [0.4, 0.5) is 0 Å². The molecule has 3 nitrogen and oxygen atoms in total. The molecular formula is C13H26N2O. The SMILES string of the molecule is CCN(CC)CC(C)NCC1=CCCOC1. The molecular weight excluding hydrogens is 200 g/mol. The van der Waals surface area contributed by atoms with Crippen molar-refractivity contribution in [3.8, 4) is 0 Å². The van der Waals surface area contributed by atoms with Crippen LogP contribution >= 0.6 is 0 Å². The van der Waals surface area contributed by atoms with E-state index in [2.05, 4.69) is 37.1 Å². The van der Waals surface area contributed by atoms with Crippen LogP contribution in [0.5, 0.6) is 0 Å². The maximum atomic E-state index is 5.42. The van der Waals surface area contributed by atoms with Gasteiger partial charge in [0, 0.05) is 19.1 Å². The fourth-order valence-corrected chi connectivity index (χ4v) is 1.97. The zero-order chi connectivity index (χ0) is 11.8. The number of ether oxygens (including phenoxy) is 1. The van der Waals surface area contributed by atoms with E-state index in [1.54, 1.807) is 0 Å². The van der Waals surface area contributed by atoms with E-state index in [0.717, 1.165) is 45.8 Å². The van der Waals surface area contributed by atoms with Crippen molar-refractivity contribution in [3.05, 3.63) is 11.6 Å². The standard InChI is InChI=1S/C13H26N2O/c1-4-15(5-2)10-12(3)14-9-13-7-6-8-16-11-13/h7,12,14H,4-6,8-11H2,1-3H3. The number of hydrogen-bond acceptors (Lipinski definition) is 3. The molecule has 16 heavy (non-hydrogen) atoms. The van der Waals surface area contributed by atoms with Gasteiger partial charge in [-0.1, -0.05) is 19.9 Å². The van der Waals surface area contributed by atoms with Crippen LogP contribution in [0.15, 0.2) is 11.6 Å². The molecule has 0 aromatic heterocycles. The molecule has 0 bridgehead atoms. The van der Waals surface area contributed by atoms with Gasteiger partial charge in [0.1, 0.15) is 0 Å². The average molecular weight is 226 g/mol.